The molecule has 0 saturated carbocycles. The topological polar surface area (TPSA) is 18.5 Å². The third-order valence-electron chi connectivity index (χ3n) is 2.92. The highest BCUT2D eigenvalue weighted by Crippen LogP contribution is 2.34. The van der Waals surface area contributed by atoms with Crippen LogP contribution in [0, 0.1) is 0 Å². The highest BCUT2D eigenvalue weighted by Gasteiger charge is 2.13. The first-order valence-electron chi connectivity index (χ1n) is 6.79. The summed E-state index contributed by atoms with van der Waals surface area (Å²) >= 11 is 8.20. The van der Waals surface area contributed by atoms with Crippen molar-refractivity contribution in [2.45, 2.75) is 25.6 Å². The Kier molecular flexibility index (Phi) is 5.74. The first kappa shape index (κ1) is 15.2. The van der Waals surface area contributed by atoms with Gasteiger partial charge in [0.25, 0.3) is 0 Å². The Hall–Kier alpha value is -1.19. The van der Waals surface area contributed by atoms with Crippen molar-refractivity contribution in [3.63, 3.8) is 0 Å². The van der Waals surface area contributed by atoms with E-state index in [1.165, 1.54) is 5.56 Å². The van der Waals surface area contributed by atoms with E-state index in [0.717, 1.165) is 23.5 Å². The first-order chi connectivity index (χ1) is 9.74. The third-order valence-corrected chi connectivity index (χ3v) is 4.06. The maximum absolute atomic E-state index is 6.51. The molecule has 0 amide bonds. The van der Waals surface area contributed by atoms with E-state index in [4.69, 9.17) is 21.1 Å². The average Bonchev–Trinajstić information content (AvgIpc) is 2.94. The van der Waals surface area contributed by atoms with Gasteiger partial charge in [0.1, 0.15) is 0 Å². The van der Waals surface area contributed by atoms with E-state index in [2.05, 4.69) is 16.8 Å². The fourth-order valence-electron chi connectivity index (χ4n) is 2.00. The Morgan fingerprint density at radius 1 is 1.10 bits per heavy atom. The minimum Gasteiger partial charge on any atom is -0.490 e. The molecule has 1 atom stereocenters. The molecule has 2 aromatic rings. The molecule has 0 bridgehead atoms. The lowest BCUT2D eigenvalue weighted by molar-refractivity contribution is 0.287. The third kappa shape index (κ3) is 3.90. The van der Waals surface area contributed by atoms with Gasteiger partial charge in [-0.3, -0.25) is 0 Å². The first-order valence-corrected chi connectivity index (χ1v) is 8.17. The predicted molar refractivity (Wildman–Crippen MR) is 85.4 cm³/mol. The van der Waals surface area contributed by atoms with Crippen molar-refractivity contribution < 1.29 is 9.47 Å². The molecule has 0 aliphatic heterocycles. The van der Waals surface area contributed by atoms with Crippen LogP contribution in [0.3, 0.4) is 0 Å². The van der Waals surface area contributed by atoms with Crippen LogP contribution >= 0.6 is 22.9 Å². The minimum atomic E-state index is -0.0560. The summed E-state index contributed by atoms with van der Waals surface area (Å²) in [4.78, 5) is 0. The molecule has 1 aromatic heterocycles. The Labute approximate surface area is 129 Å². The lowest BCUT2D eigenvalue weighted by Gasteiger charge is -2.15. The van der Waals surface area contributed by atoms with E-state index in [-0.39, 0.29) is 5.38 Å². The van der Waals surface area contributed by atoms with Crippen LogP contribution in [0.5, 0.6) is 11.5 Å². The van der Waals surface area contributed by atoms with E-state index in [0.29, 0.717) is 13.2 Å². The molecule has 0 spiro atoms. The van der Waals surface area contributed by atoms with Crippen LogP contribution in [-0.2, 0) is 6.42 Å². The van der Waals surface area contributed by atoms with Crippen molar-refractivity contribution in [1.82, 2.24) is 0 Å². The fourth-order valence-corrected chi connectivity index (χ4v) is 2.99. The largest absolute Gasteiger partial charge is 0.490 e. The SMILES string of the molecule is CCOc1ccc(C(Cl)Cc2ccsc2)cc1OCC. The summed E-state index contributed by atoms with van der Waals surface area (Å²) in [5.41, 5.74) is 2.33. The summed E-state index contributed by atoms with van der Waals surface area (Å²) in [7, 11) is 0. The Morgan fingerprint density at radius 2 is 1.85 bits per heavy atom. The summed E-state index contributed by atoms with van der Waals surface area (Å²) < 4.78 is 11.2. The van der Waals surface area contributed by atoms with Crippen LogP contribution in [-0.4, -0.2) is 13.2 Å². The van der Waals surface area contributed by atoms with Crippen molar-refractivity contribution in [2.75, 3.05) is 13.2 Å². The molecular weight excluding hydrogens is 292 g/mol. The highest BCUT2D eigenvalue weighted by molar-refractivity contribution is 7.07. The van der Waals surface area contributed by atoms with Crippen molar-refractivity contribution in [1.29, 1.82) is 0 Å². The molecule has 0 radical (unpaired) electrons. The zero-order chi connectivity index (χ0) is 14.4. The van der Waals surface area contributed by atoms with Gasteiger partial charge in [-0.25, -0.2) is 0 Å². The summed E-state index contributed by atoms with van der Waals surface area (Å²) in [6.45, 7) is 5.16. The highest BCUT2D eigenvalue weighted by atomic mass is 35.5. The second kappa shape index (κ2) is 7.55. The smallest absolute Gasteiger partial charge is 0.161 e. The summed E-state index contributed by atoms with van der Waals surface area (Å²) in [6, 6.07) is 8.04. The number of halogens is 1. The molecule has 0 saturated heterocycles. The molecule has 0 fully saturated rings. The van der Waals surface area contributed by atoms with E-state index >= 15 is 0 Å². The molecule has 1 unspecified atom stereocenters. The van der Waals surface area contributed by atoms with Gasteiger partial charge in [-0.05, 0) is 60.4 Å². The summed E-state index contributed by atoms with van der Waals surface area (Å²) in [5.74, 6) is 1.54. The number of hydrogen-bond acceptors (Lipinski definition) is 3. The van der Waals surface area contributed by atoms with Gasteiger partial charge in [0.2, 0.25) is 0 Å². The quantitative estimate of drug-likeness (QED) is 0.665. The number of alkyl halides is 1. The maximum Gasteiger partial charge on any atom is 0.161 e. The van der Waals surface area contributed by atoms with Gasteiger partial charge in [0.15, 0.2) is 11.5 Å². The second-order valence-electron chi connectivity index (χ2n) is 4.38. The normalized spacial score (nSPS) is 12.2. The van der Waals surface area contributed by atoms with Gasteiger partial charge in [-0.2, -0.15) is 11.3 Å². The number of benzene rings is 1. The molecule has 1 aromatic carbocycles. The van der Waals surface area contributed by atoms with Crippen molar-refractivity contribution in [3.05, 3.63) is 46.2 Å². The number of ether oxygens (including phenoxy) is 2. The lowest BCUT2D eigenvalue weighted by Crippen LogP contribution is -2.01. The molecule has 2 rings (SSSR count). The fraction of sp³-hybridized carbons (Fsp3) is 0.375. The van der Waals surface area contributed by atoms with Gasteiger partial charge in [0, 0.05) is 0 Å². The molecule has 4 heteroatoms. The Bertz CT molecular complexity index is 525. The molecule has 1 heterocycles. The number of thiophene rings is 1. The zero-order valence-corrected chi connectivity index (χ0v) is 13.3. The molecule has 0 aliphatic carbocycles. The monoisotopic (exact) mass is 310 g/mol. The zero-order valence-electron chi connectivity index (χ0n) is 11.8. The predicted octanol–water partition coefficient (Wildman–Crippen LogP) is 5.07. The average molecular weight is 311 g/mol. The van der Waals surface area contributed by atoms with E-state index < -0.39 is 0 Å². The van der Waals surface area contributed by atoms with Crippen LogP contribution in [0.15, 0.2) is 35.0 Å². The Morgan fingerprint density at radius 3 is 2.50 bits per heavy atom. The number of hydrogen-bond donors (Lipinski definition) is 0. The van der Waals surface area contributed by atoms with Crippen LogP contribution in [0.1, 0.15) is 30.4 Å². The van der Waals surface area contributed by atoms with Gasteiger partial charge in [-0.1, -0.05) is 6.07 Å². The molecule has 20 heavy (non-hydrogen) atoms. The van der Waals surface area contributed by atoms with Crippen molar-refractivity contribution in [3.8, 4) is 11.5 Å². The summed E-state index contributed by atoms with van der Waals surface area (Å²) in [6.07, 6.45) is 0.824. The molecule has 0 N–H and O–H groups in total. The van der Waals surface area contributed by atoms with Crippen LogP contribution in [0.25, 0.3) is 0 Å². The summed E-state index contributed by atoms with van der Waals surface area (Å²) in [5, 5.41) is 4.15. The van der Waals surface area contributed by atoms with Gasteiger partial charge < -0.3 is 9.47 Å². The van der Waals surface area contributed by atoms with E-state index in [1.54, 1.807) is 11.3 Å². The van der Waals surface area contributed by atoms with Crippen molar-refractivity contribution >= 4 is 22.9 Å². The van der Waals surface area contributed by atoms with Crippen molar-refractivity contribution in [2.24, 2.45) is 0 Å². The van der Waals surface area contributed by atoms with Gasteiger partial charge in [0.05, 0.1) is 18.6 Å². The van der Waals surface area contributed by atoms with E-state index in [1.807, 2.05) is 32.0 Å². The van der Waals surface area contributed by atoms with Gasteiger partial charge in [-0.15, -0.1) is 11.6 Å². The molecule has 0 aliphatic rings. The Balaban J connectivity index is 2.16. The molecular formula is C16H19ClO2S. The molecule has 108 valence electrons. The second-order valence-corrected chi connectivity index (χ2v) is 5.68. The number of rotatable bonds is 7. The lowest BCUT2D eigenvalue weighted by atomic mass is 10.1. The van der Waals surface area contributed by atoms with Gasteiger partial charge >= 0.3 is 0 Å². The van der Waals surface area contributed by atoms with Crippen LogP contribution < -0.4 is 9.47 Å². The van der Waals surface area contributed by atoms with Crippen LogP contribution in [0.4, 0.5) is 0 Å². The minimum absolute atomic E-state index is 0.0560. The van der Waals surface area contributed by atoms with E-state index in [9.17, 15) is 0 Å². The maximum atomic E-state index is 6.51. The standard InChI is InChI=1S/C16H19ClO2S/c1-3-18-15-6-5-13(10-16(15)19-4-2)14(17)9-12-7-8-20-11-12/h5-8,10-11,14H,3-4,9H2,1-2H3. The van der Waals surface area contributed by atoms with Crippen LogP contribution in [0.2, 0.25) is 0 Å². The molecule has 2 nitrogen and oxygen atoms in total.